The van der Waals surface area contributed by atoms with Gasteiger partial charge in [-0.15, -0.1) is 11.3 Å². The highest BCUT2D eigenvalue weighted by molar-refractivity contribution is 7.19. The summed E-state index contributed by atoms with van der Waals surface area (Å²) >= 11 is 7.36. The minimum atomic E-state index is -1.22. The van der Waals surface area contributed by atoms with Crippen molar-refractivity contribution in [2.45, 2.75) is 12.5 Å². The summed E-state index contributed by atoms with van der Waals surface area (Å²) in [5.74, 6) is -0.963. The standard InChI is InChI=1S/C18H15ClFNO2S/c1-18(23,16-8-11-4-2-3-5-15(11)24-16)10-21-17(22)13-7-6-12(20)9-14(13)19/h2-9,23H,10H2,1H3,(H,21,22). The number of hydrogen-bond acceptors (Lipinski definition) is 3. The van der Waals surface area contributed by atoms with E-state index < -0.39 is 17.3 Å². The molecule has 1 atom stereocenters. The van der Waals surface area contributed by atoms with Gasteiger partial charge in [0.15, 0.2) is 0 Å². The fourth-order valence-electron chi connectivity index (χ4n) is 2.36. The van der Waals surface area contributed by atoms with Gasteiger partial charge in [-0.2, -0.15) is 0 Å². The molecule has 0 aliphatic heterocycles. The molecule has 0 saturated carbocycles. The monoisotopic (exact) mass is 363 g/mol. The highest BCUT2D eigenvalue weighted by Gasteiger charge is 2.26. The van der Waals surface area contributed by atoms with Crippen LogP contribution >= 0.6 is 22.9 Å². The van der Waals surface area contributed by atoms with Gasteiger partial charge in [-0.25, -0.2) is 4.39 Å². The summed E-state index contributed by atoms with van der Waals surface area (Å²) in [6.45, 7) is 1.66. The lowest BCUT2D eigenvalue weighted by Crippen LogP contribution is -2.38. The number of rotatable bonds is 4. The van der Waals surface area contributed by atoms with Gasteiger partial charge in [0.05, 0.1) is 17.1 Å². The first-order chi connectivity index (χ1) is 11.4. The highest BCUT2D eigenvalue weighted by Crippen LogP contribution is 2.32. The summed E-state index contributed by atoms with van der Waals surface area (Å²) in [4.78, 5) is 13.0. The summed E-state index contributed by atoms with van der Waals surface area (Å²) in [6.07, 6.45) is 0. The number of thiophene rings is 1. The SMILES string of the molecule is CC(O)(CNC(=O)c1ccc(F)cc1Cl)c1cc2ccccc2s1. The number of amides is 1. The van der Waals surface area contributed by atoms with E-state index in [0.29, 0.717) is 0 Å². The Bertz CT molecular complexity index is 874. The Morgan fingerprint density at radius 3 is 2.75 bits per heavy atom. The average molecular weight is 364 g/mol. The minimum absolute atomic E-state index is 0.0202. The highest BCUT2D eigenvalue weighted by atomic mass is 35.5. The third-order valence-electron chi connectivity index (χ3n) is 3.73. The van der Waals surface area contributed by atoms with Crippen LogP contribution in [0.25, 0.3) is 10.1 Å². The van der Waals surface area contributed by atoms with Gasteiger partial charge in [0, 0.05) is 9.58 Å². The second-order valence-electron chi connectivity index (χ2n) is 5.73. The lowest BCUT2D eigenvalue weighted by molar-refractivity contribution is 0.0557. The smallest absolute Gasteiger partial charge is 0.252 e. The molecular formula is C18H15ClFNO2S. The number of carbonyl (C=O) groups excluding carboxylic acids is 1. The van der Waals surface area contributed by atoms with Gasteiger partial charge in [-0.1, -0.05) is 29.8 Å². The van der Waals surface area contributed by atoms with Crippen molar-refractivity contribution in [3.8, 4) is 0 Å². The molecule has 0 aliphatic carbocycles. The van der Waals surface area contributed by atoms with Crippen LogP contribution in [0.2, 0.25) is 5.02 Å². The van der Waals surface area contributed by atoms with Crippen molar-refractivity contribution in [3.05, 3.63) is 69.8 Å². The lowest BCUT2D eigenvalue weighted by Gasteiger charge is -2.22. The van der Waals surface area contributed by atoms with E-state index >= 15 is 0 Å². The maximum Gasteiger partial charge on any atom is 0.252 e. The van der Waals surface area contributed by atoms with Gasteiger partial charge in [0.25, 0.3) is 5.91 Å². The molecule has 0 aliphatic rings. The molecule has 0 radical (unpaired) electrons. The Labute approximate surface area is 147 Å². The molecule has 1 amide bonds. The number of fused-ring (bicyclic) bond motifs is 1. The first-order valence-corrected chi connectivity index (χ1v) is 8.51. The second-order valence-corrected chi connectivity index (χ2v) is 7.22. The van der Waals surface area contributed by atoms with Crippen molar-refractivity contribution in [1.82, 2.24) is 5.32 Å². The number of hydrogen-bond donors (Lipinski definition) is 2. The molecule has 2 N–H and O–H groups in total. The molecule has 0 fully saturated rings. The van der Waals surface area contributed by atoms with Crippen molar-refractivity contribution in [3.63, 3.8) is 0 Å². The summed E-state index contributed by atoms with van der Waals surface area (Å²) < 4.78 is 14.1. The largest absolute Gasteiger partial charge is 0.383 e. The van der Waals surface area contributed by atoms with Crippen molar-refractivity contribution in [2.75, 3.05) is 6.54 Å². The number of nitrogens with one attached hydrogen (secondary N) is 1. The van der Waals surface area contributed by atoms with Crippen molar-refractivity contribution >= 4 is 38.9 Å². The molecule has 3 nitrogen and oxygen atoms in total. The number of halogens is 2. The molecule has 124 valence electrons. The summed E-state index contributed by atoms with van der Waals surface area (Å²) in [5, 5.41) is 14.4. The fourth-order valence-corrected chi connectivity index (χ4v) is 3.71. The van der Waals surface area contributed by atoms with Crippen LogP contribution in [-0.4, -0.2) is 17.6 Å². The van der Waals surface area contributed by atoms with Crippen LogP contribution in [0.15, 0.2) is 48.5 Å². The molecule has 0 bridgehead atoms. The van der Waals surface area contributed by atoms with Gasteiger partial charge in [0.2, 0.25) is 0 Å². The van der Waals surface area contributed by atoms with E-state index in [2.05, 4.69) is 5.32 Å². The molecular weight excluding hydrogens is 349 g/mol. The lowest BCUT2D eigenvalue weighted by atomic mass is 10.0. The third-order valence-corrected chi connectivity index (χ3v) is 5.41. The van der Waals surface area contributed by atoms with Gasteiger partial charge in [-0.05, 0) is 42.6 Å². The Hall–Kier alpha value is -1.95. The van der Waals surface area contributed by atoms with Crippen LogP contribution in [0.5, 0.6) is 0 Å². The van der Waals surface area contributed by atoms with Crippen molar-refractivity contribution < 1.29 is 14.3 Å². The molecule has 1 heterocycles. The summed E-state index contributed by atoms with van der Waals surface area (Å²) in [7, 11) is 0. The maximum absolute atomic E-state index is 13.1. The zero-order valence-corrected chi connectivity index (χ0v) is 14.4. The normalized spacial score (nSPS) is 13.7. The average Bonchev–Trinajstić information content (AvgIpc) is 2.98. The molecule has 1 unspecified atom stereocenters. The Balaban J connectivity index is 1.75. The van der Waals surface area contributed by atoms with Gasteiger partial charge in [-0.3, -0.25) is 4.79 Å². The van der Waals surface area contributed by atoms with E-state index in [-0.39, 0.29) is 17.1 Å². The van der Waals surface area contributed by atoms with Crippen molar-refractivity contribution in [1.29, 1.82) is 0 Å². The van der Waals surface area contributed by atoms with E-state index in [0.717, 1.165) is 21.0 Å². The fraction of sp³-hybridized carbons (Fsp3) is 0.167. The number of benzene rings is 2. The number of carbonyl (C=O) groups is 1. The Morgan fingerprint density at radius 1 is 1.29 bits per heavy atom. The number of aliphatic hydroxyl groups is 1. The molecule has 6 heteroatoms. The van der Waals surface area contributed by atoms with Crippen LogP contribution in [0.4, 0.5) is 4.39 Å². The van der Waals surface area contributed by atoms with Crippen LogP contribution in [0.3, 0.4) is 0 Å². The Kier molecular flexibility index (Phi) is 4.58. The molecule has 1 aromatic heterocycles. The summed E-state index contributed by atoms with van der Waals surface area (Å²) in [5.41, 5.74) is -1.04. The molecule has 3 rings (SSSR count). The molecule has 0 saturated heterocycles. The maximum atomic E-state index is 13.1. The zero-order valence-electron chi connectivity index (χ0n) is 12.8. The Morgan fingerprint density at radius 2 is 2.04 bits per heavy atom. The van der Waals surface area contributed by atoms with Crippen molar-refractivity contribution in [2.24, 2.45) is 0 Å². The molecule has 3 aromatic rings. The van der Waals surface area contributed by atoms with Crippen LogP contribution in [0.1, 0.15) is 22.2 Å². The quantitative estimate of drug-likeness (QED) is 0.724. The van der Waals surface area contributed by atoms with E-state index in [9.17, 15) is 14.3 Å². The van der Waals surface area contributed by atoms with Crippen LogP contribution < -0.4 is 5.32 Å². The minimum Gasteiger partial charge on any atom is -0.383 e. The van der Waals surface area contributed by atoms with Gasteiger partial charge >= 0.3 is 0 Å². The molecule has 24 heavy (non-hydrogen) atoms. The van der Waals surface area contributed by atoms with E-state index in [1.807, 2.05) is 30.3 Å². The second kappa shape index (κ2) is 6.51. The van der Waals surface area contributed by atoms with Gasteiger partial charge in [0.1, 0.15) is 11.4 Å². The van der Waals surface area contributed by atoms with E-state index in [1.165, 1.54) is 23.5 Å². The predicted octanol–water partition coefficient (Wildman–Crippen LogP) is 4.33. The summed E-state index contributed by atoms with van der Waals surface area (Å²) in [6, 6.07) is 13.3. The van der Waals surface area contributed by atoms with Crippen LogP contribution in [0, 0.1) is 5.82 Å². The van der Waals surface area contributed by atoms with Crippen LogP contribution in [-0.2, 0) is 5.60 Å². The first-order valence-electron chi connectivity index (χ1n) is 7.31. The van der Waals surface area contributed by atoms with E-state index in [4.69, 9.17) is 11.6 Å². The topological polar surface area (TPSA) is 49.3 Å². The first kappa shape index (κ1) is 16.9. The zero-order chi connectivity index (χ0) is 17.3. The van der Waals surface area contributed by atoms with Gasteiger partial charge < -0.3 is 10.4 Å². The predicted molar refractivity (Wildman–Crippen MR) is 95.1 cm³/mol. The molecule has 0 spiro atoms. The molecule has 2 aromatic carbocycles. The third kappa shape index (κ3) is 3.43. The van der Waals surface area contributed by atoms with E-state index in [1.54, 1.807) is 6.92 Å².